The maximum Gasteiger partial charge on any atom is 0.251 e. The van der Waals surface area contributed by atoms with Gasteiger partial charge in [0.15, 0.2) is 0 Å². The van der Waals surface area contributed by atoms with Crippen LogP contribution in [0.4, 0.5) is 0 Å². The number of H-pyrrole nitrogens is 1. The molecule has 7 nitrogen and oxygen atoms in total. The lowest BCUT2D eigenvalue weighted by Crippen LogP contribution is -2.34. The molecule has 2 aromatic heterocycles. The van der Waals surface area contributed by atoms with Gasteiger partial charge in [0.05, 0.1) is 19.9 Å². The van der Waals surface area contributed by atoms with Crippen molar-refractivity contribution in [3.05, 3.63) is 70.4 Å². The molecule has 0 bridgehead atoms. The number of aromatic nitrogens is 3. The van der Waals surface area contributed by atoms with Crippen LogP contribution in [0.1, 0.15) is 30.0 Å². The van der Waals surface area contributed by atoms with Gasteiger partial charge in [-0.1, -0.05) is 0 Å². The minimum Gasteiger partial charge on any atom is -0.497 e. The largest absolute Gasteiger partial charge is 0.497 e. The van der Waals surface area contributed by atoms with E-state index in [1.54, 1.807) is 32.7 Å². The minimum absolute atomic E-state index is 0.131. The third kappa shape index (κ3) is 4.68. The number of hydrogen-bond acceptors (Lipinski definition) is 6. The van der Waals surface area contributed by atoms with Crippen molar-refractivity contribution in [2.75, 3.05) is 27.3 Å². The van der Waals surface area contributed by atoms with Crippen molar-refractivity contribution < 1.29 is 9.47 Å². The summed E-state index contributed by atoms with van der Waals surface area (Å²) in [5.74, 6) is 2.36. The van der Waals surface area contributed by atoms with E-state index in [0.29, 0.717) is 5.82 Å². The highest BCUT2D eigenvalue weighted by Gasteiger charge is 2.24. The monoisotopic (exact) mass is 406 g/mol. The van der Waals surface area contributed by atoms with Crippen LogP contribution in [-0.4, -0.2) is 47.2 Å². The van der Waals surface area contributed by atoms with Gasteiger partial charge in [-0.25, -0.2) is 4.98 Å². The number of ether oxygens (including phenoxy) is 2. The molecule has 3 aromatic rings. The first-order valence-electron chi connectivity index (χ1n) is 10.1. The Balaban J connectivity index is 1.53. The highest BCUT2D eigenvalue weighted by atomic mass is 16.5. The standard InChI is InChI=1S/C23H26N4O3/c1-29-19-9-16(10-20(11-19)30-2)14-27-8-4-6-18(15-27)21-12-22(28)26-23(25-21)17-5-3-7-24-13-17/h3,5,7,9-13,18H,4,6,8,14-15H2,1-2H3,(H,25,26,28). The van der Waals surface area contributed by atoms with Crippen molar-refractivity contribution in [2.24, 2.45) is 0 Å². The molecule has 3 heterocycles. The first-order chi connectivity index (χ1) is 14.6. The molecule has 1 unspecified atom stereocenters. The Hall–Kier alpha value is -3.19. The second-order valence-corrected chi connectivity index (χ2v) is 7.56. The molecule has 1 saturated heterocycles. The fraction of sp³-hybridized carbons (Fsp3) is 0.348. The molecule has 4 rings (SSSR count). The molecule has 1 aromatic carbocycles. The quantitative estimate of drug-likeness (QED) is 0.677. The number of rotatable bonds is 6. The third-order valence-corrected chi connectivity index (χ3v) is 5.44. The molecule has 30 heavy (non-hydrogen) atoms. The molecule has 0 spiro atoms. The normalized spacial score (nSPS) is 16.9. The number of likely N-dealkylation sites (tertiary alicyclic amines) is 1. The molecule has 1 atom stereocenters. The molecular formula is C23H26N4O3. The first-order valence-corrected chi connectivity index (χ1v) is 10.1. The molecule has 1 aliphatic heterocycles. The number of hydrogen-bond donors (Lipinski definition) is 1. The van der Waals surface area contributed by atoms with Crippen LogP contribution in [0, 0.1) is 0 Å². The van der Waals surface area contributed by atoms with E-state index in [1.165, 1.54) is 0 Å². The minimum atomic E-state index is -0.131. The summed E-state index contributed by atoms with van der Waals surface area (Å²) in [5.41, 5.74) is 2.66. The van der Waals surface area contributed by atoms with Crippen molar-refractivity contribution in [3.63, 3.8) is 0 Å². The molecule has 1 N–H and O–H groups in total. The van der Waals surface area contributed by atoms with Crippen molar-refractivity contribution in [3.8, 4) is 22.9 Å². The summed E-state index contributed by atoms with van der Waals surface area (Å²) in [6.45, 7) is 2.65. The van der Waals surface area contributed by atoms with Gasteiger partial charge in [-0.15, -0.1) is 0 Å². The van der Waals surface area contributed by atoms with Gasteiger partial charge in [-0.05, 0) is 49.2 Å². The fourth-order valence-corrected chi connectivity index (χ4v) is 3.98. The van der Waals surface area contributed by atoms with E-state index in [9.17, 15) is 4.79 Å². The molecule has 7 heteroatoms. The van der Waals surface area contributed by atoms with Crippen LogP contribution in [0.2, 0.25) is 0 Å². The lowest BCUT2D eigenvalue weighted by atomic mass is 9.94. The Kier molecular flexibility index (Phi) is 6.09. The van der Waals surface area contributed by atoms with Gasteiger partial charge in [0, 0.05) is 49.1 Å². The fourth-order valence-electron chi connectivity index (χ4n) is 3.98. The van der Waals surface area contributed by atoms with Crippen molar-refractivity contribution in [1.29, 1.82) is 0 Å². The van der Waals surface area contributed by atoms with Gasteiger partial charge in [0.1, 0.15) is 17.3 Å². The second-order valence-electron chi connectivity index (χ2n) is 7.56. The topological polar surface area (TPSA) is 80.3 Å². The Morgan fingerprint density at radius 2 is 1.97 bits per heavy atom. The second kappa shape index (κ2) is 9.09. The zero-order valence-corrected chi connectivity index (χ0v) is 17.3. The van der Waals surface area contributed by atoms with E-state index in [4.69, 9.17) is 14.5 Å². The smallest absolute Gasteiger partial charge is 0.251 e. The van der Waals surface area contributed by atoms with E-state index in [1.807, 2.05) is 30.3 Å². The number of benzene rings is 1. The maximum absolute atomic E-state index is 12.3. The average Bonchev–Trinajstić information content (AvgIpc) is 2.79. The number of aromatic amines is 1. The predicted molar refractivity (Wildman–Crippen MR) is 115 cm³/mol. The van der Waals surface area contributed by atoms with Gasteiger partial charge in [-0.3, -0.25) is 14.7 Å². The number of methoxy groups -OCH3 is 2. The number of nitrogens with one attached hydrogen (secondary N) is 1. The van der Waals surface area contributed by atoms with E-state index in [0.717, 1.165) is 60.8 Å². The lowest BCUT2D eigenvalue weighted by molar-refractivity contribution is 0.198. The summed E-state index contributed by atoms with van der Waals surface area (Å²) < 4.78 is 10.8. The molecule has 0 saturated carbocycles. The van der Waals surface area contributed by atoms with E-state index in [2.05, 4.69) is 14.9 Å². The summed E-state index contributed by atoms with van der Waals surface area (Å²) in [5, 5.41) is 0. The lowest BCUT2D eigenvalue weighted by Gasteiger charge is -2.32. The van der Waals surface area contributed by atoms with E-state index in [-0.39, 0.29) is 11.5 Å². The van der Waals surface area contributed by atoms with Gasteiger partial charge in [0.25, 0.3) is 5.56 Å². The van der Waals surface area contributed by atoms with Gasteiger partial charge < -0.3 is 14.5 Å². The summed E-state index contributed by atoms with van der Waals surface area (Å²) in [6.07, 6.45) is 5.49. The highest BCUT2D eigenvalue weighted by Crippen LogP contribution is 2.29. The van der Waals surface area contributed by atoms with E-state index < -0.39 is 0 Å². The number of piperidine rings is 1. The number of nitrogens with zero attached hydrogens (tertiary/aromatic N) is 3. The Morgan fingerprint density at radius 3 is 2.67 bits per heavy atom. The Morgan fingerprint density at radius 1 is 1.17 bits per heavy atom. The predicted octanol–water partition coefficient (Wildman–Crippen LogP) is 3.23. The Labute approximate surface area is 175 Å². The molecule has 1 aliphatic rings. The molecule has 156 valence electrons. The average molecular weight is 406 g/mol. The van der Waals surface area contributed by atoms with Crippen molar-refractivity contribution in [2.45, 2.75) is 25.3 Å². The highest BCUT2D eigenvalue weighted by molar-refractivity contribution is 5.52. The molecule has 0 amide bonds. The van der Waals surface area contributed by atoms with Crippen LogP contribution in [0.3, 0.4) is 0 Å². The summed E-state index contributed by atoms with van der Waals surface area (Å²) in [4.78, 5) is 26.4. The van der Waals surface area contributed by atoms with Gasteiger partial charge >= 0.3 is 0 Å². The van der Waals surface area contributed by atoms with Gasteiger partial charge in [0.2, 0.25) is 0 Å². The summed E-state index contributed by atoms with van der Waals surface area (Å²) >= 11 is 0. The van der Waals surface area contributed by atoms with Gasteiger partial charge in [-0.2, -0.15) is 0 Å². The molecule has 0 radical (unpaired) electrons. The molecule has 0 aliphatic carbocycles. The van der Waals surface area contributed by atoms with Crippen molar-refractivity contribution >= 4 is 0 Å². The van der Waals surface area contributed by atoms with Crippen LogP contribution >= 0.6 is 0 Å². The van der Waals surface area contributed by atoms with E-state index >= 15 is 0 Å². The SMILES string of the molecule is COc1cc(CN2CCCC(c3cc(=O)[nH]c(-c4cccnc4)n3)C2)cc(OC)c1. The zero-order valence-electron chi connectivity index (χ0n) is 17.3. The van der Waals surface area contributed by atoms with Crippen LogP contribution < -0.4 is 15.0 Å². The van der Waals surface area contributed by atoms with Crippen molar-refractivity contribution in [1.82, 2.24) is 19.9 Å². The molecular weight excluding hydrogens is 380 g/mol. The summed E-state index contributed by atoms with van der Waals surface area (Å²) in [6, 6.07) is 11.3. The summed E-state index contributed by atoms with van der Waals surface area (Å²) in [7, 11) is 3.32. The first kappa shape index (κ1) is 20.1. The maximum atomic E-state index is 12.3. The third-order valence-electron chi connectivity index (χ3n) is 5.44. The van der Waals surface area contributed by atoms with Crippen LogP contribution in [-0.2, 0) is 6.54 Å². The number of pyridine rings is 1. The van der Waals surface area contributed by atoms with Crippen LogP contribution in [0.15, 0.2) is 53.6 Å². The molecule has 1 fully saturated rings. The zero-order chi connectivity index (χ0) is 20.9. The van der Waals surface area contributed by atoms with Crippen LogP contribution in [0.25, 0.3) is 11.4 Å². The Bertz CT molecular complexity index is 1030. The van der Waals surface area contributed by atoms with Crippen LogP contribution in [0.5, 0.6) is 11.5 Å².